The first-order chi connectivity index (χ1) is 22.1. The van der Waals surface area contributed by atoms with E-state index in [1.807, 2.05) is 0 Å². The van der Waals surface area contributed by atoms with E-state index in [4.69, 9.17) is 9.84 Å². The Bertz CT molecular complexity index is 583. The normalized spacial score (nSPS) is 11.8. The van der Waals surface area contributed by atoms with Crippen LogP contribution in [-0.4, -0.2) is 67.9 Å². The molecular weight excluding hydrogens is 692 g/mol. The Balaban J connectivity index is 4.02. The summed E-state index contributed by atoms with van der Waals surface area (Å²) < 4.78 is 9.71. The molecule has 0 bridgehead atoms. The van der Waals surface area contributed by atoms with E-state index in [2.05, 4.69) is 44.0 Å². The third kappa shape index (κ3) is 38.0. The van der Waals surface area contributed by atoms with Gasteiger partial charge in [0, 0.05) is 0 Å². The molecule has 272 valence electrons. The number of likely N-dealkylation sites (N-methyl/N-ethyl adjacent to an activating group) is 1. The molecule has 0 unspecified atom stereocenters. The van der Waals surface area contributed by atoms with Gasteiger partial charge in [0.15, 0.2) is 0 Å². The molecule has 0 aliphatic rings. The van der Waals surface area contributed by atoms with Crippen LogP contribution in [0.15, 0.2) is 12.3 Å². The maximum absolute atomic E-state index is 9.10. The minimum atomic E-state index is 0.256. The van der Waals surface area contributed by atoms with Gasteiger partial charge in [-0.1, -0.05) is 129 Å². The molecule has 0 atom stereocenters. The van der Waals surface area contributed by atoms with Crippen molar-refractivity contribution in [1.82, 2.24) is 4.81 Å². The molecule has 1 N–H and O–H groups in total. The van der Waals surface area contributed by atoms with Crippen molar-refractivity contribution in [2.75, 3.05) is 57.9 Å². The summed E-state index contributed by atoms with van der Waals surface area (Å²) in [6, 6.07) is 0. The molecule has 0 fully saturated rings. The van der Waals surface area contributed by atoms with Gasteiger partial charge >= 0.3 is 187 Å². The van der Waals surface area contributed by atoms with Crippen LogP contribution in [0, 0.1) is 44.6 Å². The zero-order valence-corrected chi connectivity index (χ0v) is 33.6. The molecule has 0 aliphatic carbocycles. The first kappa shape index (κ1) is 46.3. The van der Waals surface area contributed by atoms with E-state index in [0.717, 1.165) is 31.9 Å². The Hall–Kier alpha value is 1.34. The molecule has 0 heterocycles. The Morgan fingerprint density at radius 1 is 0.600 bits per heavy atom. The van der Waals surface area contributed by atoms with Gasteiger partial charge in [-0.25, -0.2) is 0 Å². The molecule has 0 saturated carbocycles. The van der Waals surface area contributed by atoms with Gasteiger partial charge in [-0.2, -0.15) is 0 Å². The fraction of sp³-hybridized carbons (Fsp3) is 0.949. The third-order valence-corrected chi connectivity index (χ3v) is 12.9. The predicted molar refractivity (Wildman–Crippen MR) is 200 cm³/mol. The van der Waals surface area contributed by atoms with Crippen molar-refractivity contribution in [1.29, 1.82) is 0 Å². The monoisotopic (exact) mass is 772 g/mol. The number of ether oxygens (including phenoxy) is 1. The molecule has 6 heteroatoms. The van der Waals surface area contributed by atoms with Crippen LogP contribution in [-0.2, 0) is 4.74 Å². The number of allylic oxidation sites excluding steroid dienone is 1. The topological polar surface area (TPSA) is 35.9 Å². The van der Waals surface area contributed by atoms with Crippen LogP contribution in [0.5, 0.6) is 0 Å². The van der Waals surface area contributed by atoms with Crippen molar-refractivity contribution in [2.24, 2.45) is 0 Å². The fourth-order valence-corrected chi connectivity index (χ4v) is 9.25. The minimum absolute atomic E-state index is 0.256. The molecule has 0 radical (unpaired) electrons. The van der Waals surface area contributed by atoms with Crippen LogP contribution >= 0.6 is 11.8 Å². The number of aliphatic hydroxyl groups excluding tert-OH is 1. The van der Waals surface area contributed by atoms with Crippen molar-refractivity contribution < 1.29 is 54.5 Å². The van der Waals surface area contributed by atoms with Gasteiger partial charge in [-0.15, -0.1) is 0 Å². The molecule has 0 aliphatic heterocycles. The van der Waals surface area contributed by atoms with Gasteiger partial charge in [-0.3, -0.25) is 0 Å². The summed E-state index contributed by atoms with van der Waals surface area (Å²) in [4.78, 5) is 2.65. The summed E-state index contributed by atoms with van der Waals surface area (Å²) in [7, 11) is 2.14. The van der Waals surface area contributed by atoms with Crippen molar-refractivity contribution in [3.63, 3.8) is 0 Å². The number of hydrogen-bond acceptors (Lipinski definition) is 5. The molecule has 4 nitrogen and oxygen atoms in total. The number of hydrogen-bond donors (Lipinski definition) is 1. The first-order valence-corrected chi connectivity index (χ1v) is 23.1. The van der Waals surface area contributed by atoms with Gasteiger partial charge in [0.2, 0.25) is 0 Å². The van der Waals surface area contributed by atoms with E-state index < -0.39 is 0 Å². The fourth-order valence-electron chi connectivity index (χ4n) is 5.77. The first-order valence-electron chi connectivity index (χ1n) is 19.6. The maximum atomic E-state index is 9.10. The predicted octanol–water partition coefficient (Wildman–Crippen LogP) is 11.7. The molecular formula is C39H80N2O2SXe. The quantitative estimate of drug-likeness (QED) is 0.0497. The van der Waals surface area contributed by atoms with Crippen molar-refractivity contribution in [3.05, 3.63) is 12.3 Å². The summed E-state index contributed by atoms with van der Waals surface area (Å²) >= 11 is 2.36. The second-order valence-electron chi connectivity index (χ2n) is 13.2. The third-order valence-electron chi connectivity index (χ3n) is 8.79. The van der Waals surface area contributed by atoms with Crippen molar-refractivity contribution in [2.45, 2.75) is 175 Å². The number of unbranched alkanes of at least 4 members (excludes halogenated alkanes) is 22. The second kappa shape index (κ2) is 39.8. The summed E-state index contributed by atoms with van der Waals surface area (Å²) in [6.45, 7) is 14.1. The molecule has 0 amide bonds. The summed E-state index contributed by atoms with van der Waals surface area (Å²) in [5, 5.41) is 9.10. The molecule has 0 saturated heterocycles. The zero-order chi connectivity index (χ0) is 32.9. The summed E-state index contributed by atoms with van der Waals surface area (Å²) in [5.74, 6) is 3.45. The van der Waals surface area contributed by atoms with E-state index >= 15 is 0 Å². The van der Waals surface area contributed by atoms with Gasteiger partial charge in [0.1, 0.15) is 0 Å². The molecule has 0 rings (SSSR count). The van der Waals surface area contributed by atoms with E-state index in [0.29, 0.717) is 0 Å². The van der Waals surface area contributed by atoms with E-state index in [1.165, 1.54) is 180 Å². The van der Waals surface area contributed by atoms with Crippen molar-refractivity contribution >= 4 is 11.8 Å². The van der Waals surface area contributed by atoms with E-state index in [9.17, 15) is 0 Å². The van der Waals surface area contributed by atoms with Gasteiger partial charge in [-0.05, 0) is 0 Å². The van der Waals surface area contributed by atoms with Gasteiger partial charge < -0.3 is 0 Å². The second-order valence-corrected chi connectivity index (χ2v) is 17.6. The zero-order valence-electron chi connectivity index (χ0n) is 30.8. The Morgan fingerprint density at radius 2 is 1.07 bits per heavy atom. The van der Waals surface area contributed by atoms with Gasteiger partial charge in [0.25, 0.3) is 0 Å². The van der Waals surface area contributed by atoms with Crippen LogP contribution in [0.3, 0.4) is 0 Å². The molecule has 45 heavy (non-hydrogen) atoms. The Morgan fingerprint density at radius 3 is 1.56 bits per heavy atom. The number of rotatable bonds is 39. The SMILES string of the molecule is C=C(CCCCCCCCCCCCC)OCCN(CCCCCCCCCCCCCCC)CCSCC[Xe]N(C)CCO. The average molecular weight is 772 g/mol. The van der Waals surface area contributed by atoms with Crippen LogP contribution < -0.4 is 0 Å². The number of thioether (sulfide) groups is 1. The molecule has 0 aromatic carbocycles. The van der Waals surface area contributed by atoms with Crippen LogP contribution in [0.25, 0.3) is 0 Å². The standard InChI is InChI=1S/C39H80N2O2SXe/c1-5-7-9-11-13-15-17-18-20-22-24-26-28-30-41(33-36-44-37-38-45-40(4)31-34-42)32-35-43-39(3)29-27-25-23-21-19-16-14-12-10-8-6-2/h42H,3,5-38H2,1-2,4H3. The number of aliphatic hydroxyl groups is 1. The average Bonchev–Trinajstić information content (AvgIpc) is 3.03. The number of nitrogens with zero attached hydrogens (tertiary/aromatic N) is 2. The Kier molecular flexibility index (Phi) is 41.0. The molecule has 0 aromatic heterocycles. The summed E-state index contributed by atoms with van der Waals surface area (Å²) in [5.41, 5.74) is 0. The molecule has 0 aromatic rings. The van der Waals surface area contributed by atoms with E-state index in [-0.39, 0.29) is 51.2 Å². The van der Waals surface area contributed by atoms with Gasteiger partial charge in [0.05, 0.1) is 0 Å². The van der Waals surface area contributed by atoms with Crippen molar-refractivity contribution in [3.8, 4) is 0 Å². The van der Waals surface area contributed by atoms with Crippen LogP contribution in [0.1, 0.15) is 174 Å². The summed E-state index contributed by atoms with van der Waals surface area (Å²) in [6.07, 6.45) is 34.6. The van der Waals surface area contributed by atoms with Crippen LogP contribution in [0.2, 0.25) is 0.889 Å². The van der Waals surface area contributed by atoms with Crippen LogP contribution in [0.4, 0.5) is 0 Å². The Labute approximate surface area is 313 Å². The molecule has 0 spiro atoms. The van der Waals surface area contributed by atoms with E-state index in [1.54, 1.807) is 0 Å².